The van der Waals surface area contributed by atoms with Crippen molar-refractivity contribution in [3.05, 3.63) is 57.8 Å². The second-order valence-corrected chi connectivity index (χ2v) is 5.52. The summed E-state index contributed by atoms with van der Waals surface area (Å²) in [5.41, 5.74) is 1.13. The number of fused-ring (bicyclic) bond motifs is 1. The van der Waals surface area contributed by atoms with E-state index in [1.807, 2.05) is 0 Å². The lowest BCUT2D eigenvalue weighted by atomic mass is 10.1. The van der Waals surface area contributed by atoms with Gasteiger partial charge in [-0.2, -0.15) is 0 Å². The first-order chi connectivity index (χ1) is 11.0. The molecule has 1 aromatic heterocycles. The maximum atomic E-state index is 12.5. The summed E-state index contributed by atoms with van der Waals surface area (Å²) in [5, 5.41) is 1.03. The Kier molecular flexibility index (Phi) is 3.88. The summed E-state index contributed by atoms with van der Waals surface area (Å²) in [6.07, 6.45) is 0. The van der Waals surface area contributed by atoms with E-state index < -0.39 is 0 Å². The lowest BCUT2D eigenvalue weighted by molar-refractivity contribution is -0.131. The molecule has 0 saturated heterocycles. The SMILES string of the molecule is CC(=O)Oc1ccc(-c2nc3cc(Cl)ccc3c(=O)n2C)cc1. The molecule has 23 heavy (non-hydrogen) atoms. The molecular weight excluding hydrogens is 316 g/mol. The lowest BCUT2D eigenvalue weighted by Crippen LogP contribution is -2.20. The van der Waals surface area contributed by atoms with Gasteiger partial charge in [-0.1, -0.05) is 11.6 Å². The van der Waals surface area contributed by atoms with Gasteiger partial charge >= 0.3 is 5.97 Å². The molecule has 3 rings (SSSR count). The van der Waals surface area contributed by atoms with E-state index in [1.165, 1.54) is 11.5 Å². The van der Waals surface area contributed by atoms with Crippen LogP contribution in [0.5, 0.6) is 5.75 Å². The molecule has 0 atom stereocenters. The van der Waals surface area contributed by atoms with E-state index in [9.17, 15) is 9.59 Å². The van der Waals surface area contributed by atoms with Gasteiger partial charge in [-0.3, -0.25) is 14.2 Å². The number of hydrogen-bond donors (Lipinski definition) is 0. The van der Waals surface area contributed by atoms with Crippen LogP contribution in [0.15, 0.2) is 47.3 Å². The van der Waals surface area contributed by atoms with Gasteiger partial charge in [-0.05, 0) is 42.5 Å². The largest absolute Gasteiger partial charge is 0.427 e. The highest BCUT2D eigenvalue weighted by Crippen LogP contribution is 2.22. The summed E-state index contributed by atoms with van der Waals surface area (Å²) in [6, 6.07) is 11.8. The van der Waals surface area contributed by atoms with Crippen molar-refractivity contribution in [3.8, 4) is 17.1 Å². The second-order valence-electron chi connectivity index (χ2n) is 5.08. The predicted molar refractivity (Wildman–Crippen MR) is 88.7 cm³/mol. The molecule has 1 heterocycles. The topological polar surface area (TPSA) is 61.2 Å². The van der Waals surface area contributed by atoms with Crippen LogP contribution in [0.25, 0.3) is 22.3 Å². The van der Waals surface area contributed by atoms with Gasteiger partial charge in [0.15, 0.2) is 0 Å². The summed E-state index contributed by atoms with van der Waals surface area (Å²) >= 11 is 5.98. The third kappa shape index (κ3) is 2.96. The molecule has 0 aliphatic heterocycles. The molecule has 0 saturated carbocycles. The van der Waals surface area contributed by atoms with Crippen molar-refractivity contribution in [3.63, 3.8) is 0 Å². The normalized spacial score (nSPS) is 10.7. The average molecular weight is 329 g/mol. The highest BCUT2D eigenvalue weighted by Gasteiger charge is 2.11. The number of hydrogen-bond acceptors (Lipinski definition) is 4. The first-order valence-corrected chi connectivity index (χ1v) is 7.28. The van der Waals surface area contributed by atoms with Crippen molar-refractivity contribution in [2.24, 2.45) is 7.05 Å². The fraction of sp³-hybridized carbons (Fsp3) is 0.118. The van der Waals surface area contributed by atoms with E-state index in [-0.39, 0.29) is 11.5 Å². The van der Waals surface area contributed by atoms with Crippen LogP contribution in [0.2, 0.25) is 5.02 Å². The van der Waals surface area contributed by atoms with E-state index in [2.05, 4.69) is 4.98 Å². The van der Waals surface area contributed by atoms with E-state index >= 15 is 0 Å². The van der Waals surface area contributed by atoms with Crippen LogP contribution in [0.4, 0.5) is 0 Å². The van der Waals surface area contributed by atoms with Crippen molar-refractivity contribution < 1.29 is 9.53 Å². The zero-order valence-corrected chi connectivity index (χ0v) is 13.3. The summed E-state index contributed by atoms with van der Waals surface area (Å²) in [4.78, 5) is 27.9. The maximum absolute atomic E-state index is 12.5. The van der Waals surface area contributed by atoms with Crippen LogP contribution in [-0.2, 0) is 11.8 Å². The molecule has 0 bridgehead atoms. The zero-order valence-electron chi connectivity index (χ0n) is 12.5. The first-order valence-electron chi connectivity index (χ1n) is 6.91. The molecule has 0 spiro atoms. The summed E-state index contributed by atoms with van der Waals surface area (Å²) in [6.45, 7) is 1.34. The number of nitrogens with zero attached hydrogens (tertiary/aromatic N) is 2. The van der Waals surface area contributed by atoms with Crippen molar-refractivity contribution >= 4 is 28.5 Å². The summed E-state index contributed by atoms with van der Waals surface area (Å²) in [5.74, 6) is 0.567. The van der Waals surface area contributed by atoms with Gasteiger partial charge in [-0.25, -0.2) is 4.98 Å². The minimum Gasteiger partial charge on any atom is -0.427 e. The average Bonchev–Trinajstić information content (AvgIpc) is 2.51. The molecule has 0 fully saturated rings. The Morgan fingerprint density at radius 1 is 1.17 bits per heavy atom. The maximum Gasteiger partial charge on any atom is 0.308 e. The molecule has 0 aliphatic rings. The standard InChI is InChI=1S/C17H13ClN2O3/c1-10(21)23-13-6-3-11(4-7-13)16-19-15-9-12(18)5-8-14(15)17(22)20(16)2/h3-9H,1-2H3. The third-order valence-corrected chi connectivity index (χ3v) is 3.65. The molecular formula is C17H13ClN2O3. The number of carbonyl (C=O) groups is 1. The number of rotatable bonds is 2. The molecule has 0 N–H and O–H groups in total. The molecule has 6 heteroatoms. The molecule has 0 amide bonds. The number of aromatic nitrogens is 2. The number of carbonyl (C=O) groups excluding carboxylic acids is 1. The number of halogens is 1. The Bertz CT molecular complexity index is 962. The Morgan fingerprint density at radius 3 is 2.52 bits per heavy atom. The lowest BCUT2D eigenvalue weighted by Gasteiger charge is -2.10. The van der Waals surface area contributed by atoms with Crippen molar-refractivity contribution in [2.45, 2.75) is 6.92 Å². The Morgan fingerprint density at radius 2 is 1.87 bits per heavy atom. The van der Waals surface area contributed by atoms with Gasteiger partial charge in [0.1, 0.15) is 11.6 Å². The van der Waals surface area contributed by atoms with Crippen LogP contribution in [0.3, 0.4) is 0 Å². The summed E-state index contributed by atoms with van der Waals surface area (Å²) in [7, 11) is 1.67. The number of esters is 1. The minimum absolute atomic E-state index is 0.147. The van der Waals surface area contributed by atoms with Gasteiger partial charge in [0.25, 0.3) is 5.56 Å². The van der Waals surface area contributed by atoms with Crippen LogP contribution in [0.1, 0.15) is 6.92 Å². The van der Waals surface area contributed by atoms with Crippen molar-refractivity contribution in [1.82, 2.24) is 9.55 Å². The second kappa shape index (κ2) is 5.85. The molecule has 0 unspecified atom stereocenters. The highest BCUT2D eigenvalue weighted by molar-refractivity contribution is 6.31. The van der Waals surface area contributed by atoms with E-state index in [1.54, 1.807) is 49.5 Å². The fourth-order valence-corrected chi connectivity index (χ4v) is 2.51. The monoisotopic (exact) mass is 328 g/mol. The van der Waals surface area contributed by atoms with E-state index in [0.29, 0.717) is 27.5 Å². The molecule has 2 aromatic carbocycles. The smallest absolute Gasteiger partial charge is 0.308 e. The van der Waals surface area contributed by atoms with Gasteiger partial charge < -0.3 is 4.74 Å². The van der Waals surface area contributed by atoms with Crippen LogP contribution >= 0.6 is 11.6 Å². The molecule has 0 radical (unpaired) electrons. The molecule has 3 aromatic rings. The van der Waals surface area contributed by atoms with Crippen molar-refractivity contribution in [1.29, 1.82) is 0 Å². The number of ether oxygens (including phenoxy) is 1. The van der Waals surface area contributed by atoms with Crippen LogP contribution in [0, 0.1) is 0 Å². The van der Waals surface area contributed by atoms with Gasteiger partial charge in [0.05, 0.1) is 10.9 Å². The van der Waals surface area contributed by atoms with E-state index in [0.717, 1.165) is 5.56 Å². The molecule has 5 nitrogen and oxygen atoms in total. The van der Waals surface area contributed by atoms with Crippen molar-refractivity contribution in [2.75, 3.05) is 0 Å². The highest BCUT2D eigenvalue weighted by atomic mass is 35.5. The Balaban J connectivity index is 2.14. The van der Waals surface area contributed by atoms with Crippen LogP contribution in [-0.4, -0.2) is 15.5 Å². The predicted octanol–water partition coefficient (Wildman–Crippen LogP) is 3.18. The van der Waals surface area contributed by atoms with Gasteiger partial charge in [-0.15, -0.1) is 0 Å². The summed E-state index contributed by atoms with van der Waals surface area (Å²) < 4.78 is 6.48. The third-order valence-electron chi connectivity index (χ3n) is 3.41. The minimum atomic E-state index is -0.386. The zero-order chi connectivity index (χ0) is 16.6. The molecule has 116 valence electrons. The Hall–Kier alpha value is -2.66. The van der Waals surface area contributed by atoms with Gasteiger partial charge in [0.2, 0.25) is 0 Å². The first kappa shape index (κ1) is 15.2. The Labute approximate surface area is 137 Å². The number of benzene rings is 2. The van der Waals surface area contributed by atoms with E-state index in [4.69, 9.17) is 16.3 Å². The van der Waals surface area contributed by atoms with Crippen LogP contribution < -0.4 is 10.3 Å². The van der Waals surface area contributed by atoms with Gasteiger partial charge in [0, 0.05) is 24.6 Å². The molecule has 0 aliphatic carbocycles. The fourth-order valence-electron chi connectivity index (χ4n) is 2.34. The quantitative estimate of drug-likeness (QED) is 0.535.